The molecule has 1 saturated heterocycles. The van der Waals surface area contributed by atoms with Crippen LogP contribution < -0.4 is 10.6 Å². The standard InChI is InChI=1S/C27H35FN4O4/c1-26(2,3)36-25(35)32-14-8-11-27(28,18-32)12-13-30-23(33)20-16-21(15-19-9-6-5-7-10-19)31-22(17-20)24(34)29-4/h5-7,9-10,16-17H,8,11-15,18H2,1-4H3,(H,29,34)(H,30,33). The van der Waals surface area contributed by atoms with Gasteiger partial charge in [0.2, 0.25) is 0 Å². The van der Waals surface area contributed by atoms with Crippen LogP contribution in [0, 0.1) is 0 Å². The number of rotatable bonds is 7. The zero-order valence-electron chi connectivity index (χ0n) is 21.4. The van der Waals surface area contributed by atoms with Crippen LogP contribution in [0.5, 0.6) is 0 Å². The summed E-state index contributed by atoms with van der Waals surface area (Å²) in [5.74, 6) is -0.814. The second-order valence-corrected chi connectivity index (χ2v) is 10.1. The molecular weight excluding hydrogens is 463 g/mol. The quantitative estimate of drug-likeness (QED) is 0.603. The maximum atomic E-state index is 15.5. The molecule has 0 saturated carbocycles. The molecule has 0 radical (unpaired) electrons. The summed E-state index contributed by atoms with van der Waals surface area (Å²) in [6.07, 6.45) is 0.812. The number of ether oxygens (including phenoxy) is 1. The van der Waals surface area contributed by atoms with Crippen molar-refractivity contribution in [3.63, 3.8) is 0 Å². The molecular formula is C27H35FN4O4. The topological polar surface area (TPSA) is 101 Å². The van der Waals surface area contributed by atoms with Crippen LogP contribution in [0.2, 0.25) is 0 Å². The number of hydrogen-bond donors (Lipinski definition) is 2. The number of nitrogens with zero attached hydrogens (tertiary/aromatic N) is 2. The van der Waals surface area contributed by atoms with E-state index in [0.717, 1.165) is 5.56 Å². The highest BCUT2D eigenvalue weighted by Gasteiger charge is 2.38. The number of pyridine rings is 1. The Labute approximate surface area is 211 Å². The number of hydrogen-bond acceptors (Lipinski definition) is 5. The summed E-state index contributed by atoms with van der Waals surface area (Å²) in [4.78, 5) is 43.3. The molecule has 1 aromatic carbocycles. The molecule has 2 heterocycles. The van der Waals surface area contributed by atoms with Gasteiger partial charge in [0.15, 0.2) is 0 Å². The van der Waals surface area contributed by atoms with Gasteiger partial charge >= 0.3 is 6.09 Å². The third-order valence-corrected chi connectivity index (χ3v) is 5.87. The largest absolute Gasteiger partial charge is 0.444 e. The molecule has 194 valence electrons. The Morgan fingerprint density at radius 1 is 1.14 bits per heavy atom. The van der Waals surface area contributed by atoms with Gasteiger partial charge in [-0.2, -0.15) is 0 Å². The smallest absolute Gasteiger partial charge is 0.410 e. The maximum absolute atomic E-state index is 15.5. The van der Waals surface area contributed by atoms with Gasteiger partial charge in [-0.15, -0.1) is 0 Å². The molecule has 3 rings (SSSR count). The van der Waals surface area contributed by atoms with Crippen LogP contribution >= 0.6 is 0 Å². The summed E-state index contributed by atoms with van der Waals surface area (Å²) in [5, 5.41) is 5.29. The molecule has 1 atom stereocenters. The van der Waals surface area contributed by atoms with E-state index in [1.807, 2.05) is 30.3 Å². The molecule has 0 spiro atoms. The van der Waals surface area contributed by atoms with E-state index in [2.05, 4.69) is 15.6 Å². The lowest BCUT2D eigenvalue weighted by Crippen LogP contribution is -2.50. The minimum absolute atomic E-state index is 0.0578. The van der Waals surface area contributed by atoms with Gasteiger partial charge in [-0.3, -0.25) is 9.59 Å². The normalized spacial score (nSPS) is 17.9. The van der Waals surface area contributed by atoms with Crippen molar-refractivity contribution >= 4 is 17.9 Å². The first-order valence-electron chi connectivity index (χ1n) is 12.2. The van der Waals surface area contributed by atoms with Crippen molar-refractivity contribution in [2.24, 2.45) is 0 Å². The molecule has 36 heavy (non-hydrogen) atoms. The molecule has 0 aliphatic carbocycles. The third kappa shape index (κ3) is 7.76. The first-order valence-corrected chi connectivity index (χ1v) is 12.2. The van der Waals surface area contributed by atoms with E-state index in [1.54, 1.807) is 26.8 Å². The average molecular weight is 499 g/mol. The summed E-state index contributed by atoms with van der Waals surface area (Å²) in [7, 11) is 1.50. The lowest BCUT2D eigenvalue weighted by Gasteiger charge is -2.38. The molecule has 8 nitrogen and oxygen atoms in total. The van der Waals surface area contributed by atoms with Crippen molar-refractivity contribution in [2.45, 2.75) is 57.7 Å². The van der Waals surface area contributed by atoms with Gasteiger partial charge in [0.05, 0.1) is 6.54 Å². The first kappa shape index (κ1) is 27.1. The van der Waals surface area contributed by atoms with Crippen molar-refractivity contribution in [3.8, 4) is 0 Å². The molecule has 1 aliphatic heterocycles. The van der Waals surface area contributed by atoms with Gasteiger partial charge in [0.25, 0.3) is 11.8 Å². The van der Waals surface area contributed by atoms with Crippen molar-refractivity contribution in [1.82, 2.24) is 20.5 Å². The maximum Gasteiger partial charge on any atom is 0.410 e. The van der Waals surface area contributed by atoms with Gasteiger partial charge in [0, 0.05) is 44.2 Å². The fourth-order valence-electron chi connectivity index (χ4n) is 4.13. The zero-order valence-corrected chi connectivity index (χ0v) is 21.4. The number of alkyl halides is 1. The number of carbonyl (C=O) groups excluding carboxylic acids is 3. The van der Waals surface area contributed by atoms with E-state index in [1.165, 1.54) is 18.0 Å². The van der Waals surface area contributed by atoms with E-state index in [0.29, 0.717) is 31.5 Å². The van der Waals surface area contributed by atoms with Crippen molar-refractivity contribution in [1.29, 1.82) is 0 Å². The zero-order chi connectivity index (χ0) is 26.3. The van der Waals surface area contributed by atoms with Crippen LogP contribution in [0.3, 0.4) is 0 Å². The van der Waals surface area contributed by atoms with Crippen molar-refractivity contribution in [2.75, 3.05) is 26.7 Å². The number of aromatic nitrogens is 1. The summed E-state index contributed by atoms with van der Waals surface area (Å²) < 4.78 is 20.9. The number of benzene rings is 1. The SMILES string of the molecule is CNC(=O)c1cc(C(=O)NCCC2(F)CCCN(C(=O)OC(C)(C)C)C2)cc(Cc2ccccc2)n1. The highest BCUT2D eigenvalue weighted by atomic mass is 19.1. The molecule has 2 aromatic rings. The van der Waals surface area contributed by atoms with E-state index < -0.39 is 29.2 Å². The fraction of sp³-hybridized carbons (Fsp3) is 0.481. The lowest BCUT2D eigenvalue weighted by atomic mass is 9.91. The lowest BCUT2D eigenvalue weighted by molar-refractivity contribution is -0.00740. The average Bonchev–Trinajstić information content (AvgIpc) is 2.82. The number of piperidine rings is 1. The Morgan fingerprint density at radius 3 is 2.53 bits per heavy atom. The summed E-state index contributed by atoms with van der Waals surface area (Å²) in [5.41, 5.74) is -0.281. The van der Waals surface area contributed by atoms with Crippen LogP contribution in [0.4, 0.5) is 9.18 Å². The Balaban J connectivity index is 1.64. The summed E-state index contributed by atoms with van der Waals surface area (Å²) >= 11 is 0. The first-order chi connectivity index (χ1) is 17.0. The van der Waals surface area contributed by atoms with E-state index >= 15 is 4.39 Å². The predicted molar refractivity (Wildman–Crippen MR) is 135 cm³/mol. The molecule has 3 amide bonds. The molecule has 2 N–H and O–H groups in total. The minimum Gasteiger partial charge on any atom is -0.444 e. The van der Waals surface area contributed by atoms with E-state index in [4.69, 9.17) is 4.74 Å². The Hall–Kier alpha value is -3.49. The Kier molecular flexibility index (Phi) is 8.66. The van der Waals surface area contributed by atoms with Crippen LogP contribution in [-0.2, 0) is 11.2 Å². The van der Waals surface area contributed by atoms with Crippen molar-refractivity contribution < 1.29 is 23.5 Å². The highest BCUT2D eigenvalue weighted by Crippen LogP contribution is 2.29. The minimum atomic E-state index is -1.62. The Bertz CT molecular complexity index is 1090. The summed E-state index contributed by atoms with van der Waals surface area (Å²) in [6, 6.07) is 12.7. The molecule has 1 aromatic heterocycles. The van der Waals surface area contributed by atoms with Crippen molar-refractivity contribution in [3.05, 3.63) is 65.0 Å². The van der Waals surface area contributed by atoms with Gasteiger partial charge in [-0.1, -0.05) is 30.3 Å². The predicted octanol–water partition coefficient (Wildman–Crippen LogP) is 3.89. The number of amides is 3. The second kappa shape index (κ2) is 11.5. The van der Waals surface area contributed by atoms with E-state index in [-0.39, 0.29) is 30.8 Å². The van der Waals surface area contributed by atoms with Crippen LogP contribution in [0.25, 0.3) is 0 Å². The van der Waals surface area contributed by atoms with E-state index in [9.17, 15) is 14.4 Å². The van der Waals surface area contributed by atoms with Crippen LogP contribution in [-0.4, -0.2) is 65.7 Å². The molecule has 9 heteroatoms. The monoisotopic (exact) mass is 498 g/mol. The molecule has 0 bridgehead atoms. The number of nitrogens with one attached hydrogen (secondary N) is 2. The Morgan fingerprint density at radius 2 is 1.86 bits per heavy atom. The second-order valence-electron chi connectivity index (χ2n) is 10.1. The molecule has 1 aliphatic rings. The number of likely N-dealkylation sites (tertiary alicyclic amines) is 1. The number of carbonyl (C=O) groups is 3. The van der Waals surface area contributed by atoms with Gasteiger partial charge < -0.3 is 20.3 Å². The van der Waals surface area contributed by atoms with Gasteiger partial charge in [-0.25, -0.2) is 14.2 Å². The molecule has 1 fully saturated rings. The number of halogens is 1. The van der Waals surface area contributed by atoms with Crippen LogP contribution in [0.15, 0.2) is 42.5 Å². The molecule has 1 unspecified atom stereocenters. The van der Waals surface area contributed by atoms with Gasteiger partial charge in [-0.05, 0) is 51.3 Å². The van der Waals surface area contributed by atoms with Gasteiger partial charge in [0.1, 0.15) is 17.0 Å². The third-order valence-electron chi connectivity index (χ3n) is 5.87. The fourth-order valence-corrected chi connectivity index (χ4v) is 4.13. The highest BCUT2D eigenvalue weighted by molar-refractivity contribution is 5.98. The summed E-state index contributed by atoms with van der Waals surface area (Å²) in [6.45, 7) is 5.77. The van der Waals surface area contributed by atoms with Crippen LogP contribution in [0.1, 0.15) is 72.1 Å².